The molecule has 1 unspecified atom stereocenters. The Kier molecular flexibility index (Phi) is 6.37. The van der Waals surface area contributed by atoms with Crippen molar-refractivity contribution in [2.45, 2.75) is 12.5 Å². The standard InChI is InChI=1S/C20H23NO2/c1-2-21(16-17-22)15-9-14-20(23,18-10-5-3-6-11-18)19-12-7-4-8-13-19/h3-8,10-13,22-23H,2,15-17H2,1H3/p+1. The van der Waals surface area contributed by atoms with Crippen LogP contribution in [0.5, 0.6) is 0 Å². The van der Waals surface area contributed by atoms with Crippen LogP contribution >= 0.6 is 0 Å². The normalized spacial score (nSPS) is 12.3. The van der Waals surface area contributed by atoms with E-state index in [1.165, 1.54) is 4.90 Å². The van der Waals surface area contributed by atoms with Crippen LogP contribution in [0.4, 0.5) is 0 Å². The van der Waals surface area contributed by atoms with Gasteiger partial charge < -0.3 is 15.1 Å². The molecule has 0 radical (unpaired) electrons. The molecular formula is C20H24NO2+. The molecule has 23 heavy (non-hydrogen) atoms. The minimum Gasteiger partial charge on any atom is -0.391 e. The molecule has 0 bridgehead atoms. The Labute approximate surface area is 138 Å². The van der Waals surface area contributed by atoms with Gasteiger partial charge in [0.1, 0.15) is 13.1 Å². The van der Waals surface area contributed by atoms with Gasteiger partial charge in [-0.1, -0.05) is 66.6 Å². The fourth-order valence-corrected chi connectivity index (χ4v) is 2.52. The van der Waals surface area contributed by atoms with Crippen LogP contribution in [0.1, 0.15) is 18.1 Å². The first-order chi connectivity index (χ1) is 11.2. The lowest BCUT2D eigenvalue weighted by molar-refractivity contribution is -0.891. The molecule has 0 amide bonds. The zero-order valence-corrected chi connectivity index (χ0v) is 13.5. The number of hydrogen-bond donors (Lipinski definition) is 3. The molecule has 120 valence electrons. The summed E-state index contributed by atoms with van der Waals surface area (Å²) in [6.45, 7) is 4.36. The van der Waals surface area contributed by atoms with Crippen LogP contribution in [0.2, 0.25) is 0 Å². The minimum absolute atomic E-state index is 0.145. The van der Waals surface area contributed by atoms with E-state index in [0.29, 0.717) is 13.1 Å². The minimum atomic E-state index is -1.32. The summed E-state index contributed by atoms with van der Waals surface area (Å²) < 4.78 is 0. The van der Waals surface area contributed by atoms with Crippen molar-refractivity contribution in [3.05, 3.63) is 71.8 Å². The Morgan fingerprint density at radius 3 is 1.91 bits per heavy atom. The van der Waals surface area contributed by atoms with Crippen LogP contribution < -0.4 is 4.90 Å². The SMILES string of the molecule is CC[NH+](CC#CC(O)(c1ccccc1)c1ccccc1)CCO. The lowest BCUT2D eigenvalue weighted by atomic mass is 9.87. The first-order valence-electron chi connectivity index (χ1n) is 7.98. The Morgan fingerprint density at radius 1 is 0.957 bits per heavy atom. The molecule has 2 rings (SSSR count). The molecule has 3 nitrogen and oxygen atoms in total. The molecule has 0 aliphatic carbocycles. The molecule has 3 N–H and O–H groups in total. The summed E-state index contributed by atoms with van der Waals surface area (Å²) in [7, 11) is 0. The van der Waals surface area contributed by atoms with Crippen LogP contribution in [0.3, 0.4) is 0 Å². The average Bonchev–Trinajstić information content (AvgIpc) is 2.62. The zero-order valence-electron chi connectivity index (χ0n) is 13.5. The van der Waals surface area contributed by atoms with E-state index in [4.69, 9.17) is 5.11 Å². The summed E-state index contributed by atoms with van der Waals surface area (Å²) in [5.74, 6) is 6.17. The van der Waals surface area contributed by atoms with Crippen LogP contribution in [-0.4, -0.2) is 36.5 Å². The maximum absolute atomic E-state index is 11.2. The van der Waals surface area contributed by atoms with Crippen molar-refractivity contribution in [3.63, 3.8) is 0 Å². The van der Waals surface area contributed by atoms with Gasteiger partial charge in [-0.2, -0.15) is 0 Å². The third kappa shape index (κ3) is 4.43. The van der Waals surface area contributed by atoms with Gasteiger partial charge in [0.15, 0.2) is 5.60 Å². The highest BCUT2D eigenvalue weighted by Crippen LogP contribution is 2.28. The highest BCUT2D eigenvalue weighted by Gasteiger charge is 2.29. The van der Waals surface area contributed by atoms with E-state index in [1.54, 1.807) is 0 Å². The van der Waals surface area contributed by atoms with E-state index in [9.17, 15) is 5.11 Å². The van der Waals surface area contributed by atoms with Gasteiger partial charge in [0.05, 0.1) is 13.2 Å². The summed E-state index contributed by atoms with van der Waals surface area (Å²) in [6, 6.07) is 19.0. The molecule has 0 fully saturated rings. The lowest BCUT2D eigenvalue weighted by Gasteiger charge is -2.23. The largest absolute Gasteiger partial charge is 0.391 e. The van der Waals surface area contributed by atoms with Crippen molar-refractivity contribution in [1.82, 2.24) is 0 Å². The molecule has 0 spiro atoms. The van der Waals surface area contributed by atoms with E-state index in [1.807, 2.05) is 60.7 Å². The molecular weight excluding hydrogens is 286 g/mol. The summed E-state index contributed by atoms with van der Waals surface area (Å²) in [5, 5.41) is 20.3. The topological polar surface area (TPSA) is 44.9 Å². The Bertz CT molecular complexity index is 604. The predicted octanol–water partition coefficient (Wildman–Crippen LogP) is 0.823. The monoisotopic (exact) mass is 310 g/mol. The fourth-order valence-electron chi connectivity index (χ4n) is 2.52. The molecule has 0 aliphatic rings. The quantitative estimate of drug-likeness (QED) is 0.692. The number of hydrogen-bond acceptors (Lipinski definition) is 2. The Morgan fingerprint density at radius 2 is 1.48 bits per heavy atom. The number of nitrogens with one attached hydrogen (secondary N) is 1. The number of rotatable bonds is 6. The van der Waals surface area contributed by atoms with Gasteiger partial charge in [-0.3, -0.25) is 0 Å². The summed E-state index contributed by atoms with van der Waals surface area (Å²) in [5.41, 5.74) is 0.207. The molecule has 0 saturated heterocycles. The van der Waals surface area contributed by atoms with Crippen LogP contribution in [0.25, 0.3) is 0 Å². The van der Waals surface area contributed by atoms with Crippen molar-refractivity contribution < 1.29 is 15.1 Å². The van der Waals surface area contributed by atoms with Gasteiger partial charge >= 0.3 is 0 Å². The molecule has 1 atom stereocenters. The summed E-state index contributed by atoms with van der Waals surface area (Å²) >= 11 is 0. The smallest absolute Gasteiger partial charge is 0.177 e. The predicted molar refractivity (Wildman–Crippen MR) is 92.0 cm³/mol. The van der Waals surface area contributed by atoms with Gasteiger partial charge in [-0.05, 0) is 12.8 Å². The highest BCUT2D eigenvalue weighted by atomic mass is 16.3. The Hall–Kier alpha value is -2.12. The van der Waals surface area contributed by atoms with Crippen molar-refractivity contribution >= 4 is 0 Å². The second kappa shape index (κ2) is 8.50. The van der Waals surface area contributed by atoms with E-state index in [0.717, 1.165) is 17.7 Å². The molecule has 2 aromatic rings. The third-order valence-corrected chi connectivity index (χ3v) is 3.96. The first-order valence-corrected chi connectivity index (χ1v) is 7.98. The summed E-state index contributed by atoms with van der Waals surface area (Å²) in [4.78, 5) is 1.20. The van der Waals surface area contributed by atoms with Crippen LogP contribution in [0.15, 0.2) is 60.7 Å². The van der Waals surface area contributed by atoms with Gasteiger partial charge in [-0.15, -0.1) is 0 Å². The summed E-state index contributed by atoms with van der Waals surface area (Å²) in [6.07, 6.45) is 0. The first kappa shape index (κ1) is 17.2. The van der Waals surface area contributed by atoms with Crippen molar-refractivity contribution in [1.29, 1.82) is 0 Å². The zero-order chi connectivity index (χ0) is 16.5. The number of aliphatic hydroxyl groups is 2. The fraction of sp³-hybridized carbons (Fsp3) is 0.300. The van der Waals surface area contributed by atoms with Gasteiger partial charge in [0.25, 0.3) is 0 Å². The number of benzene rings is 2. The maximum atomic E-state index is 11.2. The van der Waals surface area contributed by atoms with Gasteiger partial charge in [-0.25, -0.2) is 0 Å². The van der Waals surface area contributed by atoms with E-state index in [2.05, 4.69) is 18.8 Å². The second-order valence-corrected chi connectivity index (χ2v) is 5.50. The number of likely N-dealkylation sites (N-methyl/N-ethyl adjacent to an activating group) is 1. The lowest BCUT2D eigenvalue weighted by Crippen LogP contribution is -3.12. The Balaban J connectivity index is 2.33. The van der Waals surface area contributed by atoms with E-state index >= 15 is 0 Å². The van der Waals surface area contributed by atoms with E-state index in [-0.39, 0.29) is 6.61 Å². The molecule has 0 aliphatic heterocycles. The van der Waals surface area contributed by atoms with Crippen LogP contribution in [-0.2, 0) is 5.60 Å². The molecule has 0 aromatic heterocycles. The highest BCUT2D eigenvalue weighted by molar-refractivity contribution is 5.44. The van der Waals surface area contributed by atoms with Crippen molar-refractivity contribution in [3.8, 4) is 11.8 Å². The maximum Gasteiger partial charge on any atom is 0.177 e. The molecule has 3 heteroatoms. The van der Waals surface area contributed by atoms with Gasteiger partial charge in [0, 0.05) is 11.1 Å². The van der Waals surface area contributed by atoms with Crippen LogP contribution in [0, 0.1) is 11.8 Å². The third-order valence-electron chi connectivity index (χ3n) is 3.96. The number of quaternary nitrogens is 1. The molecule has 2 aromatic carbocycles. The van der Waals surface area contributed by atoms with Gasteiger partial charge in [0.2, 0.25) is 0 Å². The molecule has 0 heterocycles. The van der Waals surface area contributed by atoms with Crippen molar-refractivity contribution in [2.24, 2.45) is 0 Å². The molecule has 0 saturated carbocycles. The van der Waals surface area contributed by atoms with Crippen molar-refractivity contribution in [2.75, 3.05) is 26.2 Å². The second-order valence-electron chi connectivity index (χ2n) is 5.50. The van der Waals surface area contributed by atoms with E-state index < -0.39 is 5.60 Å². The number of aliphatic hydroxyl groups excluding tert-OH is 1. The average molecular weight is 310 g/mol.